The fourth-order valence-electron chi connectivity index (χ4n) is 2.16. The molecule has 0 saturated heterocycles. The first-order chi connectivity index (χ1) is 11.9. The Morgan fingerprint density at radius 1 is 1.24 bits per heavy atom. The number of benzene rings is 1. The molecule has 0 bridgehead atoms. The van der Waals surface area contributed by atoms with Gasteiger partial charge in [0.1, 0.15) is 5.82 Å². The zero-order chi connectivity index (χ0) is 18.8. The molecule has 3 N–H and O–H groups in total. The van der Waals surface area contributed by atoms with Crippen molar-refractivity contribution in [2.75, 3.05) is 13.2 Å². The summed E-state index contributed by atoms with van der Waals surface area (Å²) in [5.41, 5.74) is 2.03. The van der Waals surface area contributed by atoms with Crippen LogP contribution in [0.2, 0.25) is 0 Å². The molecule has 0 aliphatic carbocycles. The monoisotopic (exact) mass is 352 g/mol. The number of carboxylic acids is 2. The van der Waals surface area contributed by atoms with Crippen molar-refractivity contribution < 1.29 is 29.6 Å². The van der Waals surface area contributed by atoms with Crippen LogP contribution in [0, 0.1) is 6.92 Å². The van der Waals surface area contributed by atoms with E-state index in [1.165, 1.54) is 0 Å². The standard InChI is InChI=1S/C15H22N2O2.C2H2O4/c1-3-4-9-19-11-13(18)10-17-12(2)16-14-7-5-6-8-15(14)17;3-1(4)2(5)6/h5-8,13,18H,3-4,9-11H2,1-2H3;(H,3,4)(H,5,6). The minimum Gasteiger partial charge on any atom is -0.473 e. The van der Waals surface area contributed by atoms with E-state index in [1.807, 2.05) is 35.8 Å². The summed E-state index contributed by atoms with van der Waals surface area (Å²) in [6.07, 6.45) is 1.66. The van der Waals surface area contributed by atoms with E-state index in [-0.39, 0.29) is 0 Å². The molecule has 0 fully saturated rings. The van der Waals surface area contributed by atoms with Crippen molar-refractivity contribution in [3.05, 3.63) is 30.1 Å². The first-order valence-electron chi connectivity index (χ1n) is 8.00. The van der Waals surface area contributed by atoms with Crippen LogP contribution in [0.3, 0.4) is 0 Å². The summed E-state index contributed by atoms with van der Waals surface area (Å²) in [6, 6.07) is 7.98. The molecule has 25 heavy (non-hydrogen) atoms. The van der Waals surface area contributed by atoms with Crippen molar-refractivity contribution in [3.63, 3.8) is 0 Å². The molecule has 0 radical (unpaired) electrons. The third-order valence-corrected chi connectivity index (χ3v) is 3.37. The maximum atomic E-state index is 10.0. The fraction of sp³-hybridized carbons (Fsp3) is 0.471. The Balaban J connectivity index is 0.000000450. The van der Waals surface area contributed by atoms with Gasteiger partial charge in [-0.25, -0.2) is 14.6 Å². The molecule has 0 aliphatic rings. The number of ether oxygens (including phenoxy) is 1. The lowest BCUT2D eigenvalue weighted by Gasteiger charge is -2.13. The topological polar surface area (TPSA) is 122 Å². The lowest BCUT2D eigenvalue weighted by atomic mass is 10.3. The number of carboxylic acid groups (broad SMARTS) is 2. The Morgan fingerprint density at radius 2 is 1.88 bits per heavy atom. The predicted octanol–water partition coefficient (Wildman–Crippen LogP) is 1.68. The first kappa shape index (κ1) is 20.6. The number of fused-ring (bicyclic) bond motifs is 1. The summed E-state index contributed by atoms with van der Waals surface area (Å²) < 4.78 is 7.50. The molecule has 1 unspecified atom stereocenters. The van der Waals surface area contributed by atoms with Crippen molar-refractivity contribution in [2.24, 2.45) is 0 Å². The molecular formula is C17H24N2O6. The molecule has 1 atom stereocenters. The fourth-order valence-corrected chi connectivity index (χ4v) is 2.16. The van der Waals surface area contributed by atoms with Gasteiger partial charge in [0.15, 0.2) is 0 Å². The predicted molar refractivity (Wildman–Crippen MR) is 91.5 cm³/mol. The number of para-hydroxylation sites is 2. The number of rotatable bonds is 7. The van der Waals surface area contributed by atoms with Crippen LogP contribution in [0.1, 0.15) is 25.6 Å². The Bertz CT molecular complexity index is 686. The van der Waals surface area contributed by atoms with Crippen molar-refractivity contribution in [1.29, 1.82) is 0 Å². The summed E-state index contributed by atoms with van der Waals surface area (Å²) in [6.45, 7) is 5.72. The molecule has 8 heteroatoms. The number of aliphatic carboxylic acids is 2. The number of carbonyl (C=O) groups is 2. The lowest BCUT2D eigenvalue weighted by Crippen LogP contribution is -2.22. The molecule has 0 spiro atoms. The molecule has 1 aromatic carbocycles. The second kappa shape index (κ2) is 10.4. The molecule has 1 aromatic heterocycles. The SMILES string of the molecule is CCCCOCC(O)Cn1c(C)nc2ccccc21.O=C(O)C(=O)O. The van der Waals surface area contributed by atoms with E-state index >= 15 is 0 Å². The summed E-state index contributed by atoms with van der Waals surface area (Å²) in [5.74, 6) is -2.72. The van der Waals surface area contributed by atoms with E-state index < -0.39 is 18.0 Å². The van der Waals surface area contributed by atoms with Crippen molar-refractivity contribution in [2.45, 2.75) is 39.3 Å². The highest BCUT2D eigenvalue weighted by molar-refractivity contribution is 6.27. The third kappa shape index (κ3) is 6.90. The van der Waals surface area contributed by atoms with Gasteiger partial charge in [0, 0.05) is 6.61 Å². The Labute approximate surface area is 145 Å². The van der Waals surface area contributed by atoms with E-state index in [0.717, 1.165) is 36.3 Å². The number of unbranched alkanes of at least 4 members (excludes halogenated alkanes) is 1. The van der Waals surface area contributed by atoms with E-state index in [1.54, 1.807) is 0 Å². The molecule has 0 saturated carbocycles. The van der Waals surface area contributed by atoms with Crippen LogP contribution >= 0.6 is 0 Å². The smallest absolute Gasteiger partial charge is 0.414 e. The number of hydrogen-bond acceptors (Lipinski definition) is 5. The van der Waals surface area contributed by atoms with Crippen LogP contribution < -0.4 is 0 Å². The zero-order valence-electron chi connectivity index (χ0n) is 14.4. The molecule has 2 rings (SSSR count). The van der Waals surface area contributed by atoms with E-state index in [2.05, 4.69) is 11.9 Å². The highest BCUT2D eigenvalue weighted by Gasteiger charge is 2.11. The number of hydrogen-bond donors (Lipinski definition) is 3. The second-order valence-electron chi connectivity index (χ2n) is 5.45. The lowest BCUT2D eigenvalue weighted by molar-refractivity contribution is -0.159. The van der Waals surface area contributed by atoms with E-state index in [9.17, 15) is 5.11 Å². The Hall–Kier alpha value is -2.45. The van der Waals surface area contributed by atoms with E-state index in [0.29, 0.717) is 13.2 Å². The van der Waals surface area contributed by atoms with Crippen LogP contribution in [0.15, 0.2) is 24.3 Å². The maximum absolute atomic E-state index is 10.0. The normalized spacial score (nSPS) is 11.6. The zero-order valence-corrected chi connectivity index (χ0v) is 14.4. The average molecular weight is 352 g/mol. The molecule has 0 amide bonds. The third-order valence-electron chi connectivity index (χ3n) is 3.37. The van der Waals surface area contributed by atoms with Crippen LogP contribution in [-0.4, -0.2) is 56.1 Å². The highest BCUT2D eigenvalue weighted by Crippen LogP contribution is 2.15. The van der Waals surface area contributed by atoms with Gasteiger partial charge in [0.05, 0.1) is 30.3 Å². The summed E-state index contributed by atoms with van der Waals surface area (Å²) in [7, 11) is 0. The molecule has 1 heterocycles. The average Bonchev–Trinajstić information content (AvgIpc) is 2.88. The van der Waals surface area contributed by atoms with E-state index in [4.69, 9.17) is 24.5 Å². The minimum atomic E-state index is -1.82. The van der Waals surface area contributed by atoms with Gasteiger partial charge in [-0.2, -0.15) is 0 Å². The van der Waals surface area contributed by atoms with Gasteiger partial charge in [-0.3, -0.25) is 0 Å². The number of aliphatic hydroxyl groups is 1. The van der Waals surface area contributed by atoms with Crippen LogP contribution in [0.25, 0.3) is 11.0 Å². The molecule has 138 valence electrons. The minimum absolute atomic E-state index is 0.381. The van der Waals surface area contributed by atoms with Gasteiger partial charge in [0.25, 0.3) is 0 Å². The second-order valence-corrected chi connectivity index (χ2v) is 5.45. The van der Waals surface area contributed by atoms with Gasteiger partial charge in [0.2, 0.25) is 0 Å². The van der Waals surface area contributed by atoms with Crippen molar-refractivity contribution >= 4 is 23.0 Å². The Morgan fingerprint density at radius 3 is 2.48 bits per heavy atom. The molecule has 2 aromatic rings. The summed E-state index contributed by atoms with van der Waals surface area (Å²) in [4.78, 5) is 22.7. The largest absolute Gasteiger partial charge is 0.473 e. The number of aromatic nitrogens is 2. The number of aryl methyl sites for hydroxylation is 1. The first-order valence-corrected chi connectivity index (χ1v) is 8.00. The van der Waals surface area contributed by atoms with Gasteiger partial charge in [-0.1, -0.05) is 25.5 Å². The number of nitrogens with zero attached hydrogens (tertiary/aromatic N) is 2. The Kier molecular flexibility index (Phi) is 8.59. The number of aliphatic hydroxyl groups excluding tert-OH is 1. The van der Waals surface area contributed by atoms with Gasteiger partial charge in [-0.15, -0.1) is 0 Å². The van der Waals surface area contributed by atoms with Crippen LogP contribution in [-0.2, 0) is 20.9 Å². The number of imidazole rings is 1. The van der Waals surface area contributed by atoms with Gasteiger partial charge >= 0.3 is 11.9 Å². The van der Waals surface area contributed by atoms with Crippen molar-refractivity contribution in [3.8, 4) is 0 Å². The molecular weight excluding hydrogens is 328 g/mol. The van der Waals surface area contributed by atoms with Crippen LogP contribution in [0.4, 0.5) is 0 Å². The van der Waals surface area contributed by atoms with Gasteiger partial charge < -0.3 is 24.6 Å². The summed E-state index contributed by atoms with van der Waals surface area (Å²) in [5, 5.41) is 24.8. The molecule has 8 nitrogen and oxygen atoms in total. The van der Waals surface area contributed by atoms with Crippen molar-refractivity contribution in [1.82, 2.24) is 9.55 Å². The van der Waals surface area contributed by atoms with Crippen LogP contribution in [0.5, 0.6) is 0 Å². The highest BCUT2D eigenvalue weighted by atomic mass is 16.5. The van der Waals surface area contributed by atoms with Gasteiger partial charge in [-0.05, 0) is 25.5 Å². The molecule has 0 aliphatic heterocycles. The maximum Gasteiger partial charge on any atom is 0.414 e. The quantitative estimate of drug-likeness (QED) is 0.512. The summed E-state index contributed by atoms with van der Waals surface area (Å²) >= 11 is 0.